The van der Waals surface area contributed by atoms with Crippen LogP contribution in [0.3, 0.4) is 0 Å². The van der Waals surface area contributed by atoms with Crippen molar-refractivity contribution in [3.63, 3.8) is 0 Å². The summed E-state index contributed by atoms with van der Waals surface area (Å²) in [5.41, 5.74) is 7.26. The molecule has 0 unspecified atom stereocenters. The van der Waals surface area contributed by atoms with Crippen molar-refractivity contribution in [3.05, 3.63) is 51.6 Å². The number of benzene rings is 1. The lowest BCUT2D eigenvalue weighted by molar-refractivity contribution is 0.302. The number of pyridine rings is 1. The standard InChI is InChI=1S/C13H12Cl2N2O/c1-8-2-4-12(10(15)6-8)18-7-11-9(14)3-5-13(16)17-11/h2-6H,7H2,1H3,(H2,16,17). The Labute approximate surface area is 115 Å². The van der Waals surface area contributed by atoms with Crippen LogP contribution >= 0.6 is 23.2 Å². The Balaban J connectivity index is 2.13. The summed E-state index contributed by atoms with van der Waals surface area (Å²) < 4.78 is 5.58. The predicted octanol–water partition coefficient (Wildman–Crippen LogP) is 3.86. The van der Waals surface area contributed by atoms with E-state index in [0.717, 1.165) is 5.56 Å². The number of nitrogen functional groups attached to an aromatic ring is 1. The van der Waals surface area contributed by atoms with Crippen molar-refractivity contribution in [1.29, 1.82) is 0 Å². The molecule has 5 heteroatoms. The summed E-state index contributed by atoms with van der Waals surface area (Å²) in [6, 6.07) is 8.92. The fourth-order valence-corrected chi connectivity index (χ4v) is 1.92. The number of hydrogen-bond donors (Lipinski definition) is 1. The smallest absolute Gasteiger partial charge is 0.138 e. The number of nitrogens with two attached hydrogens (primary N) is 1. The SMILES string of the molecule is Cc1ccc(OCc2nc(N)ccc2Cl)c(Cl)c1. The highest BCUT2D eigenvalue weighted by molar-refractivity contribution is 6.32. The fourth-order valence-electron chi connectivity index (χ4n) is 1.47. The number of aromatic nitrogens is 1. The summed E-state index contributed by atoms with van der Waals surface area (Å²) in [5.74, 6) is 1.01. The molecular formula is C13H12Cl2N2O. The summed E-state index contributed by atoms with van der Waals surface area (Å²) >= 11 is 12.1. The first-order valence-electron chi connectivity index (χ1n) is 5.36. The van der Waals surface area contributed by atoms with Gasteiger partial charge in [-0.25, -0.2) is 4.98 Å². The van der Waals surface area contributed by atoms with Gasteiger partial charge in [0.15, 0.2) is 0 Å². The third kappa shape index (κ3) is 3.06. The molecule has 2 N–H and O–H groups in total. The Kier molecular flexibility index (Phi) is 3.94. The molecule has 0 bridgehead atoms. The summed E-state index contributed by atoms with van der Waals surface area (Å²) in [6.45, 7) is 2.19. The van der Waals surface area contributed by atoms with E-state index in [9.17, 15) is 0 Å². The second kappa shape index (κ2) is 5.46. The van der Waals surface area contributed by atoms with Gasteiger partial charge in [0.1, 0.15) is 18.2 Å². The number of rotatable bonds is 3. The lowest BCUT2D eigenvalue weighted by Gasteiger charge is -2.09. The number of nitrogens with zero attached hydrogens (tertiary/aromatic N) is 1. The van der Waals surface area contributed by atoms with Crippen LogP contribution in [0.15, 0.2) is 30.3 Å². The Morgan fingerprint density at radius 3 is 2.67 bits per heavy atom. The zero-order valence-corrected chi connectivity index (χ0v) is 11.3. The van der Waals surface area contributed by atoms with Gasteiger partial charge in [-0.15, -0.1) is 0 Å². The number of anilines is 1. The molecule has 0 amide bonds. The van der Waals surface area contributed by atoms with Crippen LogP contribution in [0.4, 0.5) is 5.82 Å². The highest BCUT2D eigenvalue weighted by Crippen LogP contribution is 2.26. The largest absolute Gasteiger partial charge is 0.486 e. The van der Waals surface area contributed by atoms with Crippen LogP contribution in [0, 0.1) is 6.92 Å². The Bertz CT molecular complexity index is 573. The molecule has 0 radical (unpaired) electrons. The molecule has 0 saturated heterocycles. The van der Waals surface area contributed by atoms with Crippen LogP contribution in [0.1, 0.15) is 11.3 Å². The van der Waals surface area contributed by atoms with Crippen molar-refractivity contribution in [2.45, 2.75) is 13.5 Å². The first-order chi connectivity index (χ1) is 8.56. The third-order valence-corrected chi connectivity index (χ3v) is 3.03. The first-order valence-corrected chi connectivity index (χ1v) is 6.11. The van der Waals surface area contributed by atoms with E-state index < -0.39 is 0 Å². The minimum Gasteiger partial charge on any atom is -0.486 e. The lowest BCUT2D eigenvalue weighted by Crippen LogP contribution is -2.02. The van der Waals surface area contributed by atoms with E-state index in [-0.39, 0.29) is 6.61 Å². The molecule has 2 aromatic rings. The van der Waals surface area contributed by atoms with Gasteiger partial charge in [0.05, 0.1) is 15.7 Å². The zero-order chi connectivity index (χ0) is 13.1. The first kappa shape index (κ1) is 13.0. The molecule has 2 rings (SSSR count). The van der Waals surface area contributed by atoms with Crippen LogP contribution in [0.2, 0.25) is 10.0 Å². The molecule has 0 aliphatic heterocycles. The van der Waals surface area contributed by atoms with E-state index in [1.807, 2.05) is 25.1 Å². The van der Waals surface area contributed by atoms with Gasteiger partial charge < -0.3 is 10.5 Å². The number of halogens is 2. The molecule has 1 heterocycles. The van der Waals surface area contributed by atoms with Gasteiger partial charge in [-0.1, -0.05) is 29.3 Å². The lowest BCUT2D eigenvalue weighted by atomic mass is 10.2. The van der Waals surface area contributed by atoms with Gasteiger partial charge in [-0.05, 0) is 36.8 Å². The van der Waals surface area contributed by atoms with Crippen LogP contribution in [-0.2, 0) is 6.61 Å². The van der Waals surface area contributed by atoms with E-state index in [0.29, 0.717) is 27.3 Å². The van der Waals surface area contributed by atoms with E-state index in [4.69, 9.17) is 33.7 Å². The molecule has 1 aromatic carbocycles. The number of hydrogen-bond acceptors (Lipinski definition) is 3. The number of aryl methyl sites for hydroxylation is 1. The Hall–Kier alpha value is -1.45. The maximum Gasteiger partial charge on any atom is 0.138 e. The second-order valence-corrected chi connectivity index (χ2v) is 4.70. The molecule has 0 atom stereocenters. The van der Waals surface area contributed by atoms with Gasteiger partial charge >= 0.3 is 0 Å². The fraction of sp³-hybridized carbons (Fsp3) is 0.154. The highest BCUT2D eigenvalue weighted by atomic mass is 35.5. The van der Waals surface area contributed by atoms with Gasteiger partial charge in [0.2, 0.25) is 0 Å². The molecule has 0 fully saturated rings. The zero-order valence-electron chi connectivity index (χ0n) is 9.78. The van der Waals surface area contributed by atoms with Gasteiger partial charge in [0, 0.05) is 0 Å². The van der Waals surface area contributed by atoms with Gasteiger partial charge in [-0.2, -0.15) is 0 Å². The topological polar surface area (TPSA) is 48.1 Å². The molecule has 0 spiro atoms. The van der Waals surface area contributed by atoms with E-state index in [2.05, 4.69) is 4.98 Å². The van der Waals surface area contributed by atoms with Crippen molar-refractivity contribution in [2.24, 2.45) is 0 Å². The quantitative estimate of drug-likeness (QED) is 0.930. The Morgan fingerprint density at radius 1 is 1.17 bits per heavy atom. The van der Waals surface area contributed by atoms with Crippen molar-refractivity contribution in [3.8, 4) is 5.75 Å². The minimum atomic E-state index is 0.229. The molecule has 0 saturated carbocycles. The Morgan fingerprint density at radius 2 is 1.94 bits per heavy atom. The summed E-state index contributed by atoms with van der Waals surface area (Å²) in [6.07, 6.45) is 0. The normalized spacial score (nSPS) is 10.4. The average molecular weight is 283 g/mol. The molecule has 0 aliphatic carbocycles. The highest BCUT2D eigenvalue weighted by Gasteiger charge is 2.06. The van der Waals surface area contributed by atoms with Crippen molar-refractivity contribution in [2.75, 3.05) is 5.73 Å². The van der Waals surface area contributed by atoms with Crippen LogP contribution in [0.25, 0.3) is 0 Å². The van der Waals surface area contributed by atoms with Gasteiger partial charge in [0.25, 0.3) is 0 Å². The molecule has 1 aromatic heterocycles. The maximum absolute atomic E-state index is 6.06. The van der Waals surface area contributed by atoms with Crippen molar-refractivity contribution < 1.29 is 4.74 Å². The molecular weight excluding hydrogens is 271 g/mol. The molecule has 18 heavy (non-hydrogen) atoms. The minimum absolute atomic E-state index is 0.229. The van der Waals surface area contributed by atoms with Crippen molar-refractivity contribution in [1.82, 2.24) is 4.98 Å². The van der Waals surface area contributed by atoms with Crippen molar-refractivity contribution >= 4 is 29.0 Å². The van der Waals surface area contributed by atoms with E-state index in [1.54, 1.807) is 12.1 Å². The van der Waals surface area contributed by atoms with Crippen LogP contribution < -0.4 is 10.5 Å². The summed E-state index contributed by atoms with van der Waals surface area (Å²) in [4.78, 5) is 4.11. The van der Waals surface area contributed by atoms with Crippen LogP contribution in [-0.4, -0.2) is 4.98 Å². The van der Waals surface area contributed by atoms with Gasteiger partial charge in [-0.3, -0.25) is 0 Å². The molecule has 3 nitrogen and oxygen atoms in total. The third-order valence-electron chi connectivity index (χ3n) is 2.39. The van der Waals surface area contributed by atoms with E-state index >= 15 is 0 Å². The average Bonchev–Trinajstić information content (AvgIpc) is 2.32. The number of ether oxygens (including phenoxy) is 1. The van der Waals surface area contributed by atoms with Crippen LogP contribution in [0.5, 0.6) is 5.75 Å². The van der Waals surface area contributed by atoms with E-state index in [1.165, 1.54) is 0 Å². The maximum atomic E-state index is 6.06. The molecule has 0 aliphatic rings. The monoisotopic (exact) mass is 282 g/mol. The second-order valence-electron chi connectivity index (χ2n) is 3.89. The summed E-state index contributed by atoms with van der Waals surface area (Å²) in [5, 5.41) is 1.09. The predicted molar refractivity (Wildman–Crippen MR) is 74.2 cm³/mol. The molecule has 94 valence electrons. The summed E-state index contributed by atoms with van der Waals surface area (Å²) in [7, 11) is 0.